The van der Waals surface area contributed by atoms with E-state index >= 15 is 0 Å². The first-order valence-electron chi connectivity index (χ1n) is 9.31. The lowest BCUT2D eigenvalue weighted by Crippen LogP contribution is -2.46. The van der Waals surface area contributed by atoms with Crippen molar-refractivity contribution in [2.75, 3.05) is 13.1 Å². The third-order valence-corrected chi connectivity index (χ3v) is 6.20. The second-order valence-corrected chi connectivity index (χ2v) is 8.15. The summed E-state index contributed by atoms with van der Waals surface area (Å²) in [5, 5.41) is 9.34. The maximum atomic E-state index is 12.9. The molecule has 1 fully saturated rings. The van der Waals surface area contributed by atoms with E-state index in [9.17, 15) is 9.59 Å². The quantitative estimate of drug-likeness (QED) is 0.742. The smallest absolute Gasteiger partial charge is 0.263 e. The Morgan fingerprint density at radius 2 is 2.18 bits per heavy atom. The van der Waals surface area contributed by atoms with Gasteiger partial charge in [0.25, 0.3) is 11.5 Å². The van der Waals surface area contributed by atoms with Crippen LogP contribution in [0.2, 0.25) is 0 Å². The molecule has 2 aromatic rings. The molecule has 0 aliphatic carbocycles. The van der Waals surface area contributed by atoms with Crippen LogP contribution < -0.4 is 16.2 Å². The van der Waals surface area contributed by atoms with Gasteiger partial charge in [-0.15, -0.1) is 36.2 Å². The molecule has 4 rings (SSSR count). The van der Waals surface area contributed by atoms with Crippen LogP contribution in [0, 0.1) is 5.92 Å². The number of hydrogen-bond acceptors (Lipinski definition) is 5. The molecule has 1 saturated heterocycles. The van der Waals surface area contributed by atoms with E-state index in [0.29, 0.717) is 24.9 Å². The van der Waals surface area contributed by atoms with Gasteiger partial charge in [-0.3, -0.25) is 9.59 Å². The largest absolute Gasteiger partial charge is 0.346 e. The van der Waals surface area contributed by atoms with E-state index in [1.807, 2.05) is 16.0 Å². The minimum Gasteiger partial charge on any atom is -0.346 e. The highest BCUT2D eigenvalue weighted by atomic mass is 35.5. The number of nitrogens with zero attached hydrogens (tertiary/aromatic N) is 2. The number of carbonyl (C=O) groups excluding carboxylic acids is 1. The number of amides is 1. The van der Waals surface area contributed by atoms with E-state index < -0.39 is 0 Å². The molecular formula is C19H26Cl2N4O2S. The number of thiazole rings is 1. The third-order valence-electron chi connectivity index (χ3n) is 5.25. The molecular weight excluding hydrogens is 419 g/mol. The fraction of sp³-hybridized carbons (Fsp3) is 0.526. The summed E-state index contributed by atoms with van der Waals surface area (Å²) >= 11 is 1.62. The topological polar surface area (TPSA) is 76.0 Å². The van der Waals surface area contributed by atoms with Gasteiger partial charge >= 0.3 is 0 Å². The highest BCUT2D eigenvalue weighted by Gasteiger charge is 2.31. The Morgan fingerprint density at radius 3 is 2.96 bits per heavy atom. The summed E-state index contributed by atoms with van der Waals surface area (Å²) in [6.45, 7) is 5.03. The molecule has 154 valence electrons. The predicted octanol–water partition coefficient (Wildman–Crippen LogP) is 2.74. The fourth-order valence-electron chi connectivity index (χ4n) is 3.99. The van der Waals surface area contributed by atoms with Gasteiger partial charge in [-0.25, -0.2) is 4.98 Å². The van der Waals surface area contributed by atoms with E-state index in [2.05, 4.69) is 22.5 Å². The minimum atomic E-state index is -0.316. The monoisotopic (exact) mass is 444 g/mol. The molecule has 2 bridgehead atoms. The first-order chi connectivity index (χ1) is 12.7. The van der Waals surface area contributed by atoms with Crippen LogP contribution in [0.15, 0.2) is 22.3 Å². The fourth-order valence-corrected chi connectivity index (χ4v) is 4.89. The summed E-state index contributed by atoms with van der Waals surface area (Å²) in [5.74, 6) is 0.535. The average molecular weight is 445 g/mol. The Bertz CT molecular complexity index is 883. The van der Waals surface area contributed by atoms with Crippen molar-refractivity contribution in [1.29, 1.82) is 0 Å². The highest BCUT2D eigenvalue weighted by Crippen LogP contribution is 2.31. The number of piperidine rings is 1. The average Bonchev–Trinajstić information content (AvgIpc) is 3.09. The molecule has 0 saturated carbocycles. The predicted molar refractivity (Wildman–Crippen MR) is 116 cm³/mol. The summed E-state index contributed by atoms with van der Waals surface area (Å²) in [6.07, 6.45) is 3.15. The van der Waals surface area contributed by atoms with E-state index in [0.717, 1.165) is 48.7 Å². The molecule has 28 heavy (non-hydrogen) atoms. The Labute approximate surface area is 181 Å². The van der Waals surface area contributed by atoms with E-state index in [1.54, 1.807) is 17.4 Å². The summed E-state index contributed by atoms with van der Waals surface area (Å²) in [5.41, 5.74) is 1.97. The SMILES string of the molecule is CCCc1nc(CNC(=O)c2ccc3n(c2=O)C[C@@H]2CNC[C@H]3C2)cs1.Cl.Cl. The van der Waals surface area contributed by atoms with Crippen molar-refractivity contribution in [3.8, 4) is 0 Å². The molecule has 0 radical (unpaired) electrons. The van der Waals surface area contributed by atoms with Crippen LogP contribution in [0.1, 0.15) is 52.4 Å². The molecule has 2 aliphatic rings. The molecule has 6 nitrogen and oxygen atoms in total. The zero-order valence-corrected chi connectivity index (χ0v) is 18.2. The number of hydrogen-bond donors (Lipinski definition) is 2. The minimum absolute atomic E-state index is 0. The van der Waals surface area contributed by atoms with Crippen LogP contribution in [-0.2, 0) is 19.5 Å². The van der Waals surface area contributed by atoms with Gasteiger partial charge < -0.3 is 15.2 Å². The molecule has 2 aliphatic heterocycles. The molecule has 0 aromatic carbocycles. The first kappa shape index (κ1) is 22.9. The number of aryl methyl sites for hydroxylation is 1. The third kappa shape index (κ3) is 4.59. The lowest BCUT2D eigenvalue weighted by atomic mass is 9.84. The van der Waals surface area contributed by atoms with Gasteiger partial charge in [0.15, 0.2) is 0 Å². The summed E-state index contributed by atoms with van der Waals surface area (Å²) in [7, 11) is 0. The summed E-state index contributed by atoms with van der Waals surface area (Å²) in [4.78, 5) is 29.9. The van der Waals surface area contributed by atoms with Gasteiger partial charge in [0.2, 0.25) is 0 Å². The maximum Gasteiger partial charge on any atom is 0.263 e. The van der Waals surface area contributed by atoms with Gasteiger partial charge in [-0.2, -0.15) is 0 Å². The van der Waals surface area contributed by atoms with Crippen molar-refractivity contribution in [3.05, 3.63) is 49.8 Å². The van der Waals surface area contributed by atoms with E-state index in [1.165, 1.54) is 0 Å². The molecule has 1 amide bonds. The summed E-state index contributed by atoms with van der Waals surface area (Å²) < 4.78 is 1.82. The van der Waals surface area contributed by atoms with Gasteiger partial charge in [-0.05, 0) is 43.9 Å². The van der Waals surface area contributed by atoms with Crippen LogP contribution in [0.5, 0.6) is 0 Å². The van der Waals surface area contributed by atoms with E-state index in [4.69, 9.17) is 0 Å². The van der Waals surface area contributed by atoms with Gasteiger partial charge in [0.1, 0.15) is 5.56 Å². The second-order valence-electron chi connectivity index (χ2n) is 7.21. The number of pyridine rings is 1. The van der Waals surface area contributed by atoms with Crippen molar-refractivity contribution in [2.45, 2.75) is 45.2 Å². The van der Waals surface area contributed by atoms with E-state index in [-0.39, 0.29) is 41.8 Å². The lowest BCUT2D eigenvalue weighted by molar-refractivity contribution is 0.0947. The number of fused-ring (bicyclic) bond motifs is 4. The lowest BCUT2D eigenvalue weighted by Gasteiger charge is -2.37. The van der Waals surface area contributed by atoms with Crippen molar-refractivity contribution in [3.63, 3.8) is 0 Å². The van der Waals surface area contributed by atoms with Crippen LogP contribution in [-0.4, -0.2) is 28.5 Å². The standard InChI is InChI=1S/C19H24N4O2S.2ClH/c1-2-3-17-22-14(11-26-17)9-21-18(24)15-4-5-16-13-6-12(7-20-8-13)10-23(16)19(15)25;;/h4-5,11-13,20H,2-3,6-10H2,1H3,(H,21,24);2*1H/t12-,13+;;/m0../s1. The van der Waals surface area contributed by atoms with Gasteiger partial charge in [0, 0.05) is 30.1 Å². The molecule has 2 N–H and O–H groups in total. The van der Waals surface area contributed by atoms with Crippen LogP contribution in [0.4, 0.5) is 0 Å². The number of aromatic nitrogens is 2. The molecule has 0 spiro atoms. The van der Waals surface area contributed by atoms with Gasteiger partial charge in [0.05, 0.1) is 17.2 Å². The summed E-state index contributed by atoms with van der Waals surface area (Å²) in [6, 6.07) is 3.63. The second kappa shape index (κ2) is 9.87. The Hall–Kier alpha value is -1.41. The molecule has 2 aromatic heterocycles. The molecule has 0 unspecified atom stereocenters. The molecule has 4 heterocycles. The van der Waals surface area contributed by atoms with Crippen LogP contribution in [0.3, 0.4) is 0 Å². The number of nitrogens with one attached hydrogen (secondary N) is 2. The highest BCUT2D eigenvalue weighted by molar-refractivity contribution is 7.09. The zero-order chi connectivity index (χ0) is 18.1. The van der Waals surface area contributed by atoms with Gasteiger partial charge in [-0.1, -0.05) is 6.92 Å². The van der Waals surface area contributed by atoms with Crippen molar-refractivity contribution in [1.82, 2.24) is 20.2 Å². The van der Waals surface area contributed by atoms with Crippen LogP contribution >= 0.6 is 36.2 Å². The Morgan fingerprint density at radius 1 is 1.36 bits per heavy atom. The Balaban J connectivity index is 0.00000140. The van der Waals surface area contributed by atoms with Crippen LogP contribution in [0.25, 0.3) is 0 Å². The normalized spacial score (nSPS) is 19.8. The first-order valence-corrected chi connectivity index (χ1v) is 10.2. The van der Waals surface area contributed by atoms with Crippen molar-refractivity contribution < 1.29 is 4.79 Å². The number of rotatable bonds is 5. The number of halogens is 2. The number of carbonyl (C=O) groups is 1. The van der Waals surface area contributed by atoms with Crippen molar-refractivity contribution in [2.24, 2.45) is 5.92 Å². The molecule has 9 heteroatoms. The zero-order valence-electron chi connectivity index (χ0n) is 15.8. The van der Waals surface area contributed by atoms with Crippen molar-refractivity contribution >= 4 is 42.1 Å². The Kier molecular flexibility index (Phi) is 8.07. The molecule has 2 atom stereocenters. The maximum absolute atomic E-state index is 12.9.